The molecule has 0 radical (unpaired) electrons. The van der Waals surface area contributed by atoms with Crippen molar-refractivity contribution < 1.29 is 14.3 Å². The fourth-order valence-electron chi connectivity index (χ4n) is 1.28. The standard InChI is InChI=1S/C11H12Cl2O3/c1-3-16-11-7(5-10(14)15-2)4-8(12)6-9(11)13/h4,6H,3,5H2,1-2H3. The summed E-state index contributed by atoms with van der Waals surface area (Å²) in [5.41, 5.74) is 0.631. The summed E-state index contributed by atoms with van der Waals surface area (Å²) in [5.74, 6) is 0.123. The average Bonchev–Trinajstić information content (AvgIpc) is 2.23. The SMILES string of the molecule is CCOc1c(Cl)cc(Cl)cc1CC(=O)OC. The summed E-state index contributed by atoms with van der Waals surface area (Å²) < 4.78 is 9.96. The minimum Gasteiger partial charge on any atom is -0.492 e. The maximum Gasteiger partial charge on any atom is 0.310 e. The Labute approximate surface area is 104 Å². The molecule has 0 saturated heterocycles. The third kappa shape index (κ3) is 3.29. The first-order valence-electron chi connectivity index (χ1n) is 4.76. The number of ether oxygens (including phenoxy) is 2. The Morgan fingerprint density at radius 1 is 1.38 bits per heavy atom. The fraction of sp³-hybridized carbons (Fsp3) is 0.364. The third-order valence-electron chi connectivity index (χ3n) is 1.94. The highest BCUT2D eigenvalue weighted by atomic mass is 35.5. The smallest absolute Gasteiger partial charge is 0.310 e. The first-order valence-corrected chi connectivity index (χ1v) is 5.51. The maximum absolute atomic E-state index is 11.2. The number of esters is 1. The van der Waals surface area contributed by atoms with Crippen molar-refractivity contribution in [3.05, 3.63) is 27.7 Å². The zero-order valence-electron chi connectivity index (χ0n) is 9.05. The van der Waals surface area contributed by atoms with Crippen molar-refractivity contribution in [3.8, 4) is 5.75 Å². The Kier molecular flexibility index (Phi) is 4.90. The van der Waals surface area contributed by atoms with Crippen molar-refractivity contribution in [3.63, 3.8) is 0 Å². The van der Waals surface area contributed by atoms with E-state index in [4.69, 9.17) is 27.9 Å². The van der Waals surface area contributed by atoms with Gasteiger partial charge in [-0.15, -0.1) is 0 Å². The maximum atomic E-state index is 11.2. The van der Waals surface area contributed by atoms with Gasteiger partial charge in [0.15, 0.2) is 0 Å². The third-order valence-corrected chi connectivity index (χ3v) is 2.44. The van der Waals surface area contributed by atoms with Crippen LogP contribution < -0.4 is 4.74 Å². The van der Waals surface area contributed by atoms with Crippen LogP contribution in [0.5, 0.6) is 5.75 Å². The van der Waals surface area contributed by atoms with Crippen LogP contribution >= 0.6 is 23.2 Å². The number of hydrogen-bond donors (Lipinski definition) is 0. The topological polar surface area (TPSA) is 35.5 Å². The Bertz CT molecular complexity index is 391. The van der Waals surface area contributed by atoms with E-state index < -0.39 is 0 Å². The molecule has 0 unspecified atom stereocenters. The van der Waals surface area contributed by atoms with Gasteiger partial charge in [-0.25, -0.2) is 0 Å². The van der Waals surface area contributed by atoms with Gasteiger partial charge in [0.2, 0.25) is 0 Å². The number of rotatable bonds is 4. The number of carbonyl (C=O) groups is 1. The first kappa shape index (κ1) is 13.1. The molecule has 0 aromatic heterocycles. The molecule has 5 heteroatoms. The molecule has 1 aromatic rings. The summed E-state index contributed by atoms with van der Waals surface area (Å²) >= 11 is 11.8. The molecule has 3 nitrogen and oxygen atoms in total. The first-order chi connectivity index (χ1) is 7.58. The molecule has 0 heterocycles. The summed E-state index contributed by atoms with van der Waals surface area (Å²) in [6.45, 7) is 2.31. The van der Waals surface area contributed by atoms with Crippen LogP contribution in [0.1, 0.15) is 12.5 Å². The van der Waals surface area contributed by atoms with Gasteiger partial charge >= 0.3 is 5.97 Å². The Morgan fingerprint density at radius 3 is 2.62 bits per heavy atom. The van der Waals surface area contributed by atoms with Gasteiger partial charge in [-0.05, 0) is 19.1 Å². The highest BCUT2D eigenvalue weighted by Gasteiger charge is 2.13. The van der Waals surface area contributed by atoms with Crippen molar-refractivity contribution in [1.29, 1.82) is 0 Å². The second-order valence-corrected chi connectivity index (χ2v) is 3.91. The molecular formula is C11H12Cl2O3. The molecule has 88 valence electrons. The van der Waals surface area contributed by atoms with Gasteiger partial charge in [-0.1, -0.05) is 23.2 Å². The van der Waals surface area contributed by atoms with Crippen LogP contribution in [0.4, 0.5) is 0 Å². The second-order valence-electron chi connectivity index (χ2n) is 3.06. The molecule has 0 aliphatic heterocycles. The van der Waals surface area contributed by atoms with Gasteiger partial charge in [-0.2, -0.15) is 0 Å². The predicted molar refractivity (Wildman–Crippen MR) is 63.4 cm³/mol. The molecule has 0 atom stereocenters. The zero-order chi connectivity index (χ0) is 12.1. The van der Waals surface area contributed by atoms with E-state index in [0.29, 0.717) is 28.0 Å². The van der Waals surface area contributed by atoms with Gasteiger partial charge in [0, 0.05) is 10.6 Å². The van der Waals surface area contributed by atoms with Gasteiger partial charge in [0.25, 0.3) is 0 Å². The van der Waals surface area contributed by atoms with Crippen LogP contribution in [-0.4, -0.2) is 19.7 Å². The molecule has 0 amide bonds. The predicted octanol–water partition coefficient (Wildman–Crippen LogP) is 3.11. The van der Waals surface area contributed by atoms with E-state index in [-0.39, 0.29) is 12.4 Å². The molecule has 0 aliphatic rings. The van der Waals surface area contributed by atoms with Crippen molar-refractivity contribution >= 4 is 29.2 Å². The highest BCUT2D eigenvalue weighted by Crippen LogP contribution is 2.32. The molecule has 1 aromatic carbocycles. The molecule has 0 spiro atoms. The van der Waals surface area contributed by atoms with Crippen molar-refractivity contribution in [1.82, 2.24) is 0 Å². The largest absolute Gasteiger partial charge is 0.492 e. The van der Waals surface area contributed by atoms with E-state index >= 15 is 0 Å². The Morgan fingerprint density at radius 2 is 2.06 bits per heavy atom. The van der Waals surface area contributed by atoms with E-state index in [2.05, 4.69) is 4.74 Å². The lowest BCUT2D eigenvalue weighted by Gasteiger charge is -2.11. The van der Waals surface area contributed by atoms with Gasteiger partial charge < -0.3 is 9.47 Å². The zero-order valence-corrected chi connectivity index (χ0v) is 10.6. The molecule has 0 fully saturated rings. The van der Waals surface area contributed by atoms with Crippen LogP contribution in [0.15, 0.2) is 12.1 Å². The van der Waals surface area contributed by atoms with Crippen LogP contribution in [0, 0.1) is 0 Å². The van der Waals surface area contributed by atoms with Crippen LogP contribution in [0.2, 0.25) is 10.0 Å². The fourth-order valence-corrected chi connectivity index (χ4v) is 1.87. The lowest BCUT2D eigenvalue weighted by molar-refractivity contribution is -0.139. The molecule has 0 aliphatic carbocycles. The lowest BCUT2D eigenvalue weighted by Crippen LogP contribution is -2.07. The minimum atomic E-state index is -0.362. The van der Waals surface area contributed by atoms with Crippen LogP contribution in [0.3, 0.4) is 0 Å². The van der Waals surface area contributed by atoms with Crippen LogP contribution in [-0.2, 0) is 16.0 Å². The second kappa shape index (κ2) is 5.97. The monoisotopic (exact) mass is 262 g/mol. The van der Waals surface area contributed by atoms with E-state index in [1.165, 1.54) is 7.11 Å². The summed E-state index contributed by atoms with van der Waals surface area (Å²) in [7, 11) is 1.33. The molecule has 0 saturated carbocycles. The number of carbonyl (C=O) groups excluding carboxylic acids is 1. The average molecular weight is 263 g/mol. The molecule has 1 rings (SSSR count). The number of benzene rings is 1. The quantitative estimate of drug-likeness (QED) is 0.783. The summed E-state index contributed by atoms with van der Waals surface area (Å²) in [4.78, 5) is 11.2. The van der Waals surface area contributed by atoms with Gasteiger partial charge in [-0.3, -0.25) is 4.79 Å². The van der Waals surface area contributed by atoms with E-state index in [9.17, 15) is 4.79 Å². The number of hydrogen-bond acceptors (Lipinski definition) is 3. The van der Waals surface area contributed by atoms with Gasteiger partial charge in [0.05, 0.1) is 25.2 Å². The molecule has 0 N–H and O–H groups in total. The van der Waals surface area contributed by atoms with Crippen molar-refractivity contribution in [2.75, 3.05) is 13.7 Å². The van der Waals surface area contributed by atoms with E-state index in [1.807, 2.05) is 6.92 Å². The number of methoxy groups -OCH3 is 1. The number of halogens is 2. The highest BCUT2D eigenvalue weighted by molar-refractivity contribution is 6.35. The van der Waals surface area contributed by atoms with E-state index in [0.717, 1.165) is 0 Å². The molecule has 16 heavy (non-hydrogen) atoms. The normalized spacial score (nSPS) is 10.0. The summed E-state index contributed by atoms with van der Waals surface area (Å²) in [5, 5.41) is 0.862. The van der Waals surface area contributed by atoms with Crippen molar-refractivity contribution in [2.24, 2.45) is 0 Å². The minimum absolute atomic E-state index is 0.0894. The van der Waals surface area contributed by atoms with Crippen molar-refractivity contribution in [2.45, 2.75) is 13.3 Å². The van der Waals surface area contributed by atoms with Crippen LogP contribution in [0.25, 0.3) is 0 Å². The molecule has 0 bridgehead atoms. The Balaban J connectivity index is 3.08. The molecular weight excluding hydrogens is 251 g/mol. The van der Waals surface area contributed by atoms with E-state index in [1.54, 1.807) is 12.1 Å². The Hall–Kier alpha value is -0.930. The summed E-state index contributed by atoms with van der Waals surface area (Å²) in [6, 6.07) is 3.23. The summed E-state index contributed by atoms with van der Waals surface area (Å²) in [6.07, 6.45) is 0.0894. The van der Waals surface area contributed by atoms with Gasteiger partial charge in [0.1, 0.15) is 5.75 Å². The lowest BCUT2D eigenvalue weighted by atomic mass is 10.1.